The van der Waals surface area contributed by atoms with Gasteiger partial charge in [0, 0.05) is 19.1 Å². The van der Waals surface area contributed by atoms with Gasteiger partial charge in [0.05, 0.1) is 0 Å². The molecule has 2 nitrogen and oxygen atoms in total. The third-order valence-corrected chi connectivity index (χ3v) is 3.66. The van der Waals surface area contributed by atoms with Crippen LogP contribution in [-0.2, 0) is 0 Å². The normalized spacial score (nSPS) is 13.7. The van der Waals surface area contributed by atoms with Gasteiger partial charge in [-0.2, -0.15) is 0 Å². The fraction of sp³-hybridized carbons (Fsp3) is 1.00. The number of rotatable bonds is 13. The zero-order chi connectivity index (χ0) is 15.4. The first-order valence-corrected chi connectivity index (χ1v) is 8.91. The van der Waals surface area contributed by atoms with Crippen LogP contribution in [-0.4, -0.2) is 37.1 Å². The summed E-state index contributed by atoms with van der Waals surface area (Å²) in [7, 11) is 0. The first-order valence-electron chi connectivity index (χ1n) is 8.91. The molecule has 122 valence electrons. The van der Waals surface area contributed by atoms with Crippen molar-refractivity contribution in [3.05, 3.63) is 0 Å². The molecule has 0 aromatic heterocycles. The summed E-state index contributed by atoms with van der Waals surface area (Å²) >= 11 is 0. The third kappa shape index (κ3) is 12.9. The van der Waals surface area contributed by atoms with Crippen LogP contribution in [0.25, 0.3) is 0 Å². The van der Waals surface area contributed by atoms with Crippen molar-refractivity contribution in [1.29, 1.82) is 0 Å². The Morgan fingerprint density at radius 1 is 0.900 bits per heavy atom. The van der Waals surface area contributed by atoms with E-state index in [1.54, 1.807) is 0 Å². The highest BCUT2D eigenvalue weighted by molar-refractivity contribution is 4.65. The fourth-order valence-electron chi connectivity index (χ4n) is 2.81. The van der Waals surface area contributed by atoms with E-state index in [2.05, 4.69) is 51.8 Å². The summed E-state index contributed by atoms with van der Waals surface area (Å²) in [5.41, 5.74) is 0. The first kappa shape index (κ1) is 19.9. The maximum atomic E-state index is 3.50. The lowest BCUT2D eigenvalue weighted by atomic mass is 10.0. The zero-order valence-corrected chi connectivity index (χ0v) is 15.0. The van der Waals surface area contributed by atoms with Crippen molar-refractivity contribution < 1.29 is 0 Å². The van der Waals surface area contributed by atoms with Crippen LogP contribution < -0.4 is 5.32 Å². The highest BCUT2D eigenvalue weighted by Crippen LogP contribution is 2.12. The number of nitrogens with zero attached hydrogens (tertiary/aromatic N) is 1. The van der Waals surface area contributed by atoms with Gasteiger partial charge in [0.15, 0.2) is 0 Å². The predicted molar refractivity (Wildman–Crippen MR) is 92.3 cm³/mol. The van der Waals surface area contributed by atoms with Gasteiger partial charge in [-0.15, -0.1) is 0 Å². The molecule has 0 fully saturated rings. The SMILES string of the molecule is CCCN(CC(C)C)CC(C)CCCCCNC(C)C. The summed E-state index contributed by atoms with van der Waals surface area (Å²) in [5, 5.41) is 3.50. The molecular formula is C18H40N2. The molecule has 0 spiro atoms. The Morgan fingerprint density at radius 3 is 2.15 bits per heavy atom. The summed E-state index contributed by atoms with van der Waals surface area (Å²) in [5.74, 6) is 1.63. The van der Waals surface area contributed by atoms with Crippen molar-refractivity contribution in [2.75, 3.05) is 26.2 Å². The Kier molecular flexibility index (Phi) is 12.6. The minimum absolute atomic E-state index is 0.632. The molecule has 1 N–H and O–H groups in total. The van der Waals surface area contributed by atoms with Crippen molar-refractivity contribution >= 4 is 0 Å². The molecule has 2 heteroatoms. The van der Waals surface area contributed by atoms with Crippen molar-refractivity contribution in [3.8, 4) is 0 Å². The summed E-state index contributed by atoms with van der Waals surface area (Å²) in [6.45, 7) is 18.8. The lowest BCUT2D eigenvalue weighted by Crippen LogP contribution is -2.32. The molecule has 0 heterocycles. The minimum Gasteiger partial charge on any atom is -0.315 e. The quantitative estimate of drug-likeness (QED) is 0.499. The number of hydrogen-bond acceptors (Lipinski definition) is 2. The molecular weight excluding hydrogens is 244 g/mol. The van der Waals surface area contributed by atoms with Crippen LogP contribution in [0.4, 0.5) is 0 Å². The molecule has 0 aliphatic rings. The molecule has 1 unspecified atom stereocenters. The average molecular weight is 285 g/mol. The molecule has 0 aliphatic carbocycles. The van der Waals surface area contributed by atoms with Crippen LogP contribution >= 0.6 is 0 Å². The van der Waals surface area contributed by atoms with E-state index in [0.29, 0.717) is 6.04 Å². The summed E-state index contributed by atoms with van der Waals surface area (Å²) < 4.78 is 0. The topological polar surface area (TPSA) is 15.3 Å². The van der Waals surface area contributed by atoms with Crippen LogP contribution in [0.3, 0.4) is 0 Å². The van der Waals surface area contributed by atoms with E-state index in [1.807, 2.05) is 0 Å². The second-order valence-electron chi connectivity index (χ2n) is 7.22. The maximum absolute atomic E-state index is 3.50. The number of hydrogen-bond donors (Lipinski definition) is 1. The highest BCUT2D eigenvalue weighted by atomic mass is 15.1. The fourth-order valence-corrected chi connectivity index (χ4v) is 2.81. The highest BCUT2D eigenvalue weighted by Gasteiger charge is 2.10. The molecule has 0 saturated carbocycles. The molecule has 0 aliphatic heterocycles. The van der Waals surface area contributed by atoms with Crippen LogP contribution in [0, 0.1) is 11.8 Å². The predicted octanol–water partition coefficient (Wildman–Crippen LogP) is 4.55. The molecule has 0 rings (SSSR count). The van der Waals surface area contributed by atoms with Crippen LogP contribution in [0.2, 0.25) is 0 Å². The Morgan fingerprint density at radius 2 is 1.60 bits per heavy atom. The van der Waals surface area contributed by atoms with Gasteiger partial charge in [-0.05, 0) is 44.2 Å². The summed E-state index contributed by atoms with van der Waals surface area (Å²) in [6, 6.07) is 0.632. The molecule has 0 aromatic rings. The van der Waals surface area contributed by atoms with Crippen molar-refractivity contribution in [2.24, 2.45) is 11.8 Å². The monoisotopic (exact) mass is 284 g/mol. The summed E-state index contributed by atoms with van der Waals surface area (Å²) in [4.78, 5) is 2.66. The molecule has 0 aromatic carbocycles. The maximum Gasteiger partial charge on any atom is 0.00103 e. The smallest absolute Gasteiger partial charge is 0.00103 e. The Hall–Kier alpha value is -0.0800. The standard InChI is InChI=1S/C18H40N2/c1-7-13-20(14-16(2)3)15-18(6)11-9-8-10-12-19-17(4)5/h16-19H,7-15H2,1-6H3. The largest absolute Gasteiger partial charge is 0.315 e. The van der Waals surface area contributed by atoms with Crippen molar-refractivity contribution in [1.82, 2.24) is 10.2 Å². The van der Waals surface area contributed by atoms with E-state index in [9.17, 15) is 0 Å². The summed E-state index contributed by atoms with van der Waals surface area (Å²) in [6.07, 6.45) is 6.76. The molecule has 20 heavy (non-hydrogen) atoms. The lowest BCUT2D eigenvalue weighted by Gasteiger charge is -2.27. The number of unbranched alkanes of at least 4 members (excludes halogenated alkanes) is 2. The number of nitrogens with one attached hydrogen (secondary N) is 1. The second kappa shape index (κ2) is 12.6. The van der Waals surface area contributed by atoms with E-state index < -0.39 is 0 Å². The van der Waals surface area contributed by atoms with Gasteiger partial charge in [0.25, 0.3) is 0 Å². The van der Waals surface area contributed by atoms with Crippen LogP contribution in [0.5, 0.6) is 0 Å². The van der Waals surface area contributed by atoms with Gasteiger partial charge in [0.1, 0.15) is 0 Å². The molecule has 0 radical (unpaired) electrons. The Bertz CT molecular complexity index is 202. The second-order valence-corrected chi connectivity index (χ2v) is 7.22. The molecule has 1 atom stereocenters. The van der Waals surface area contributed by atoms with E-state index in [1.165, 1.54) is 58.3 Å². The van der Waals surface area contributed by atoms with Gasteiger partial charge < -0.3 is 10.2 Å². The van der Waals surface area contributed by atoms with Gasteiger partial charge in [-0.3, -0.25) is 0 Å². The molecule has 0 saturated heterocycles. The van der Waals surface area contributed by atoms with Crippen molar-refractivity contribution in [3.63, 3.8) is 0 Å². The van der Waals surface area contributed by atoms with E-state index in [4.69, 9.17) is 0 Å². The van der Waals surface area contributed by atoms with Gasteiger partial charge in [0.2, 0.25) is 0 Å². The molecule has 0 amide bonds. The van der Waals surface area contributed by atoms with E-state index >= 15 is 0 Å². The van der Waals surface area contributed by atoms with Gasteiger partial charge in [-0.25, -0.2) is 0 Å². The van der Waals surface area contributed by atoms with Crippen molar-refractivity contribution in [2.45, 2.75) is 79.7 Å². The average Bonchev–Trinajstić information content (AvgIpc) is 2.32. The Labute approximate surface area is 128 Å². The minimum atomic E-state index is 0.632. The Balaban J connectivity index is 3.65. The zero-order valence-electron chi connectivity index (χ0n) is 15.0. The third-order valence-electron chi connectivity index (χ3n) is 3.66. The van der Waals surface area contributed by atoms with E-state index in [-0.39, 0.29) is 0 Å². The van der Waals surface area contributed by atoms with E-state index in [0.717, 1.165) is 11.8 Å². The lowest BCUT2D eigenvalue weighted by molar-refractivity contribution is 0.208. The van der Waals surface area contributed by atoms with Crippen LogP contribution in [0.15, 0.2) is 0 Å². The first-order chi connectivity index (χ1) is 9.45. The van der Waals surface area contributed by atoms with Gasteiger partial charge in [-0.1, -0.05) is 54.4 Å². The van der Waals surface area contributed by atoms with Crippen LogP contribution in [0.1, 0.15) is 73.6 Å². The molecule has 0 bridgehead atoms. The van der Waals surface area contributed by atoms with Gasteiger partial charge >= 0.3 is 0 Å².